The molecule has 2 rings (SSSR count). The van der Waals surface area contributed by atoms with Crippen LogP contribution >= 0.6 is 0 Å². The Hall–Kier alpha value is -3.03. The molecule has 0 heterocycles. The van der Waals surface area contributed by atoms with Crippen molar-refractivity contribution in [2.45, 2.75) is 32.1 Å². The largest absolute Gasteiger partial charge is 0.484 e. The Kier molecular flexibility index (Phi) is 7.43. The van der Waals surface area contributed by atoms with Crippen molar-refractivity contribution in [3.05, 3.63) is 65.7 Å². The van der Waals surface area contributed by atoms with E-state index in [0.717, 1.165) is 5.56 Å². The fourth-order valence-electron chi connectivity index (χ4n) is 2.51. The minimum Gasteiger partial charge on any atom is -0.484 e. The summed E-state index contributed by atoms with van der Waals surface area (Å²) in [7, 11) is 0. The number of benzene rings is 2. The average Bonchev–Trinajstić information content (AvgIpc) is 2.65. The van der Waals surface area contributed by atoms with Crippen molar-refractivity contribution in [1.29, 1.82) is 0 Å². The summed E-state index contributed by atoms with van der Waals surface area (Å²) in [6, 6.07) is 14.7. The van der Waals surface area contributed by atoms with Crippen LogP contribution in [0.2, 0.25) is 0 Å². The second kappa shape index (κ2) is 9.77. The molecule has 2 aromatic carbocycles. The molecule has 2 aromatic rings. The van der Waals surface area contributed by atoms with E-state index in [0.29, 0.717) is 5.56 Å². The second-order valence-corrected chi connectivity index (χ2v) is 6.19. The highest BCUT2D eigenvalue weighted by Crippen LogP contribution is 2.19. The summed E-state index contributed by atoms with van der Waals surface area (Å²) in [5.41, 5.74) is 1.53. The maximum absolute atomic E-state index is 12.2. The van der Waals surface area contributed by atoms with Crippen molar-refractivity contribution < 1.29 is 27.5 Å². The highest BCUT2D eigenvalue weighted by atomic mass is 19.4. The Morgan fingerprint density at radius 1 is 1.04 bits per heavy atom. The molecule has 2 amide bonds. The molecule has 0 bridgehead atoms. The van der Waals surface area contributed by atoms with Gasteiger partial charge >= 0.3 is 6.18 Å². The molecular weight excluding hydrogens is 373 g/mol. The molecular formula is C20H21F3N2O3. The first-order valence-corrected chi connectivity index (χ1v) is 8.60. The minimum atomic E-state index is -4.39. The van der Waals surface area contributed by atoms with E-state index in [4.69, 9.17) is 0 Å². The van der Waals surface area contributed by atoms with E-state index in [1.165, 1.54) is 19.1 Å². The van der Waals surface area contributed by atoms with E-state index in [1.54, 1.807) is 12.1 Å². The molecule has 5 nitrogen and oxygen atoms in total. The highest BCUT2D eigenvalue weighted by molar-refractivity contribution is 5.79. The summed E-state index contributed by atoms with van der Waals surface area (Å²) in [6.45, 7) is 0.239. The summed E-state index contributed by atoms with van der Waals surface area (Å²) >= 11 is 0. The number of carbonyl (C=O) groups excluding carboxylic acids is 2. The molecule has 0 saturated carbocycles. The van der Waals surface area contributed by atoms with Gasteiger partial charge in [-0.25, -0.2) is 0 Å². The normalized spacial score (nSPS) is 12.1. The molecule has 0 radical (unpaired) electrons. The number of hydrogen-bond acceptors (Lipinski definition) is 3. The molecule has 1 atom stereocenters. The third-order valence-electron chi connectivity index (χ3n) is 3.78. The number of alkyl halides is 3. The summed E-state index contributed by atoms with van der Waals surface area (Å²) in [6.07, 6.45) is -4.33. The molecule has 0 spiro atoms. The predicted octanol–water partition coefficient (Wildman–Crippen LogP) is 3.51. The molecule has 0 aromatic heterocycles. The first-order chi connectivity index (χ1) is 13.2. The number of hydrogen-bond donors (Lipinski definition) is 2. The molecule has 8 heteroatoms. The van der Waals surface area contributed by atoms with Crippen molar-refractivity contribution >= 4 is 11.8 Å². The van der Waals surface area contributed by atoms with E-state index in [-0.39, 0.29) is 30.5 Å². The average molecular weight is 394 g/mol. The third-order valence-corrected chi connectivity index (χ3v) is 3.78. The van der Waals surface area contributed by atoms with Crippen molar-refractivity contribution in [2.75, 3.05) is 6.61 Å². The maximum Gasteiger partial charge on any atom is 0.422 e. The lowest BCUT2D eigenvalue weighted by Gasteiger charge is -2.18. The smallest absolute Gasteiger partial charge is 0.422 e. The van der Waals surface area contributed by atoms with Gasteiger partial charge in [0.25, 0.3) is 0 Å². The maximum atomic E-state index is 12.2. The predicted molar refractivity (Wildman–Crippen MR) is 97.5 cm³/mol. The Morgan fingerprint density at radius 3 is 2.25 bits per heavy atom. The van der Waals surface area contributed by atoms with Gasteiger partial charge in [0.15, 0.2) is 6.61 Å². The van der Waals surface area contributed by atoms with Gasteiger partial charge in [-0.1, -0.05) is 42.5 Å². The topological polar surface area (TPSA) is 67.4 Å². The van der Waals surface area contributed by atoms with Crippen LogP contribution in [0, 0.1) is 0 Å². The highest BCUT2D eigenvalue weighted by Gasteiger charge is 2.28. The lowest BCUT2D eigenvalue weighted by molar-refractivity contribution is -0.153. The van der Waals surface area contributed by atoms with Gasteiger partial charge in [-0.2, -0.15) is 13.2 Å². The molecule has 1 unspecified atom stereocenters. The first-order valence-electron chi connectivity index (χ1n) is 8.60. The number of rotatable bonds is 8. The van der Waals surface area contributed by atoms with Gasteiger partial charge in [-0.15, -0.1) is 0 Å². The molecule has 0 saturated heterocycles. The fourth-order valence-corrected chi connectivity index (χ4v) is 2.51. The second-order valence-electron chi connectivity index (χ2n) is 6.19. The van der Waals surface area contributed by atoms with Crippen molar-refractivity contribution in [3.8, 4) is 5.75 Å². The van der Waals surface area contributed by atoms with E-state index < -0.39 is 18.8 Å². The number of ether oxygens (including phenoxy) is 1. The molecule has 28 heavy (non-hydrogen) atoms. The van der Waals surface area contributed by atoms with Gasteiger partial charge in [0.05, 0.1) is 12.5 Å². The van der Waals surface area contributed by atoms with Gasteiger partial charge < -0.3 is 15.4 Å². The van der Waals surface area contributed by atoms with Crippen LogP contribution in [-0.2, 0) is 16.1 Å². The van der Waals surface area contributed by atoms with Crippen LogP contribution in [0.25, 0.3) is 0 Å². The van der Waals surface area contributed by atoms with E-state index in [2.05, 4.69) is 15.4 Å². The SMILES string of the molecule is CC(=O)NC(CC(=O)NCc1ccc(OCC(F)(F)F)cc1)c1ccccc1. The molecule has 0 aliphatic heterocycles. The van der Waals surface area contributed by atoms with Gasteiger partial charge in [-0.3, -0.25) is 9.59 Å². The zero-order valence-electron chi connectivity index (χ0n) is 15.3. The number of nitrogens with one attached hydrogen (secondary N) is 2. The Labute approximate surface area is 160 Å². The monoisotopic (exact) mass is 394 g/mol. The first kappa shape index (κ1) is 21.3. The summed E-state index contributed by atoms with van der Waals surface area (Å²) in [5.74, 6) is -0.404. The van der Waals surface area contributed by atoms with Crippen LogP contribution in [0.4, 0.5) is 13.2 Å². The van der Waals surface area contributed by atoms with E-state index in [1.807, 2.05) is 30.3 Å². The number of halogens is 3. The molecule has 0 aliphatic rings. The van der Waals surface area contributed by atoms with Crippen LogP contribution in [0.15, 0.2) is 54.6 Å². The van der Waals surface area contributed by atoms with Gasteiger partial charge in [-0.05, 0) is 23.3 Å². The van der Waals surface area contributed by atoms with Crippen LogP contribution in [0.3, 0.4) is 0 Å². The Bertz CT molecular complexity index is 778. The standard InChI is InChI=1S/C20H21F3N2O3/c1-14(26)25-18(16-5-3-2-4-6-16)11-19(27)24-12-15-7-9-17(10-8-15)28-13-20(21,22)23/h2-10,18H,11-13H2,1H3,(H,24,27)(H,25,26). The third kappa shape index (κ3) is 7.69. The lowest BCUT2D eigenvalue weighted by atomic mass is 10.0. The van der Waals surface area contributed by atoms with Crippen LogP contribution in [0.1, 0.15) is 30.5 Å². The van der Waals surface area contributed by atoms with Crippen molar-refractivity contribution in [1.82, 2.24) is 10.6 Å². The Morgan fingerprint density at radius 2 is 1.68 bits per heavy atom. The molecule has 150 valence electrons. The quantitative estimate of drug-likeness (QED) is 0.720. The summed E-state index contributed by atoms with van der Waals surface area (Å²) in [4.78, 5) is 23.7. The summed E-state index contributed by atoms with van der Waals surface area (Å²) in [5, 5.41) is 5.49. The van der Waals surface area contributed by atoms with Crippen LogP contribution in [-0.4, -0.2) is 24.6 Å². The fraction of sp³-hybridized carbons (Fsp3) is 0.300. The van der Waals surface area contributed by atoms with Crippen LogP contribution < -0.4 is 15.4 Å². The van der Waals surface area contributed by atoms with E-state index >= 15 is 0 Å². The zero-order valence-corrected chi connectivity index (χ0v) is 15.3. The van der Waals surface area contributed by atoms with Gasteiger partial charge in [0.2, 0.25) is 11.8 Å². The minimum absolute atomic E-state index is 0.0658. The molecule has 0 aliphatic carbocycles. The van der Waals surface area contributed by atoms with Crippen molar-refractivity contribution in [3.63, 3.8) is 0 Å². The van der Waals surface area contributed by atoms with Crippen molar-refractivity contribution in [2.24, 2.45) is 0 Å². The van der Waals surface area contributed by atoms with Crippen LogP contribution in [0.5, 0.6) is 5.75 Å². The Balaban J connectivity index is 1.87. The lowest BCUT2D eigenvalue weighted by Crippen LogP contribution is -2.32. The summed E-state index contributed by atoms with van der Waals surface area (Å²) < 4.78 is 41.0. The van der Waals surface area contributed by atoms with Gasteiger partial charge in [0.1, 0.15) is 5.75 Å². The number of carbonyl (C=O) groups is 2. The van der Waals surface area contributed by atoms with E-state index in [9.17, 15) is 22.8 Å². The number of amides is 2. The zero-order chi connectivity index (χ0) is 20.6. The molecule has 2 N–H and O–H groups in total. The van der Waals surface area contributed by atoms with Gasteiger partial charge in [0, 0.05) is 13.5 Å². The molecule has 0 fully saturated rings.